The second-order valence-electron chi connectivity index (χ2n) is 7.38. The Balaban J connectivity index is 1.34. The van der Waals surface area contributed by atoms with Gasteiger partial charge in [0.25, 0.3) is 0 Å². The molecule has 33 heavy (non-hydrogen) atoms. The van der Waals surface area contributed by atoms with Crippen molar-refractivity contribution in [2.24, 2.45) is 7.05 Å². The average Bonchev–Trinajstić information content (AvgIpc) is 3.22. The maximum Gasteiger partial charge on any atom is 0.234 e. The summed E-state index contributed by atoms with van der Waals surface area (Å²) in [7, 11) is 1.82. The van der Waals surface area contributed by atoms with Gasteiger partial charge in [-0.05, 0) is 18.2 Å². The van der Waals surface area contributed by atoms with Gasteiger partial charge in [0.15, 0.2) is 22.5 Å². The molecule has 0 aliphatic heterocycles. The van der Waals surface area contributed by atoms with Crippen LogP contribution in [0.2, 0.25) is 0 Å². The van der Waals surface area contributed by atoms with Crippen LogP contribution >= 0.6 is 11.8 Å². The molecular formula is C24H17N5O3S. The summed E-state index contributed by atoms with van der Waals surface area (Å²) in [5.41, 5.74) is 2.37. The van der Waals surface area contributed by atoms with E-state index in [1.54, 1.807) is 59.4 Å². The predicted octanol–water partition coefficient (Wildman–Crippen LogP) is 3.38. The molecule has 5 rings (SSSR count). The quantitative estimate of drug-likeness (QED) is 0.405. The minimum absolute atomic E-state index is 0.0569. The van der Waals surface area contributed by atoms with Crippen LogP contribution < -0.4 is 5.32 Å². The number of nitrogens with one attached hydrogen (secondary N) is 1. The van der Waals surface area contributed by atoms with E-state index in [2.05, 4.69) is 20.5 Å². The Bertz CT molecular complexity index is 1410. The first-order valence-corrected chi connectivity index (χ1v) is 11.1. The van der Waals surface area contributed by atoms with Gasteiger partial charge in [-0.2, -0.15) is 0 Å². The molecule has 0 saturated heterocycles. The van der Waals surface area contributed by atoms with Gasteiger partial charge >= 0.3 is 0 Å². The lowest BCUT2D eigenvalue weighted by Gasteiger charge is -2.20. The van der Waals surface area contributed by atoms with Crippen LogP contribution in [0.5, 0.6) is 0 Å². The zero-order chi connectivity index (χ0) is 22.9. The van der Waals surface area contributed by atoms with Crippen molar-refractivity contribution in [1.82, 2.24) is 19.7 Å². The fraction of sp³-hybridized carbons (Fsp3) is 0.0833. The number of amides is 1. The number of hydrogen-bond donors (Lipinski definition) is 1. The molecule has 0 atom stereocenters. The summed E-state index contributed by atoms with van der Waals surface area (Å²) in [4.78, 5) is 42.7. The SMILES string of the molecule is Cn1c(SCC(=O)Nc2cccc3c2C(=O)c2ccccc2C3=O)nnc1-c1cccnc1. The molecule has 1 aliphatic carbocycles. The summed E-state index contributed by atoms with van der Waals surface area (Å²) >= 11 is 1.22. The highest BCUT2D eigenvalue weighted by Crippen LogP contribution is 2.32. The number of anilines is 1. The van der Waals surface area contributed by atoms with Gasteiger partial charge in [0, 0.05) is 41.7 Å². The summed E-state index contributed by atoms with van der Waals surface area (Å²) in [6, 6.07) is 15.3. The van der Waals surface area contributed by atoms with Gasteiger partial charge in [-0.15, -0.1) is 10.2 Å². The van der Waals surface area contributed by atoms with Crippen molar-refractivity contribution in [2.45, 2.75) is 5.16 Å². The van der Waals surface area contributed by atoms with Crippen LogP contribution in [0.4, 0.5) is 5.69 Å². The molecule has 0 fully saturated rings. The predicted molar refractivity (Wildman–Crippen MR) is 123 cm³/mol. The molecule has 0 saturated carbocycles. The Hall–Kier alpha value is -4.11. The average molecular weight is 455 g/mol. The maximum atomic E-state index is 13.1. The van der Waals surface area contributed by atoms with Gasteiger partial charge in [-0.1, -0.05) is 48.2 Å². The number of carbonyl (C=O) groups excluding carboxylic acids is 3. The normalized spacial score (nSPS) is 12.3. The molecule has 8 nitrogen and oxygen atoms in total. The number of pyridine rings is 1. The topological polar surface area (TPSA) is 107 Å². The third-order valence-electron chi connectivity index (χ3n) is 5.31. The molecule has 1 amide bonds. The molecule has 2 aromatic heterocycles. The molecular weight excluding hydrogens is 438 g/mol. The molecule has 1 N–H and O–H groups in total. The van der Waals surface area contributed by atoms with Crippen LogP contribution in [0.3, 0.4) is 0 Å². The third-order valence-corrected chi connectivity index (χ3v) is 6.33. The van der Waals surface area contributed by atoms with Gasteiger partial charge in [0.05, 0.1) is 17.0 Å². The van der Waals surface area contributed by atoms with E-state index < -0.39 is 0 Å². The molecule has 1 aliphatic rings. The maximum absolute atomic E-state index is 13.1. The van der Waals surface area contributed by atoms with E-state index in [0.29, 0.717) is 33.4 Å². The minimum atomic E-state index is -0.321. The van der Waals surface area contributed by atoms with Crippen LogP contribution in [0.1, 0.15) is 31.8 Å². The number of nitrogens with zero attached hydrogens (tertiary/aromatic N) is 4. The van der Waals surface area contributed by atoms with Crippen molar-refractivity contribution in [3.05, 3.63) is 89.2 Å². The minimum Gasteiger partial charge on any atom is -0.325 e. The lowest BCUT2D eigenvalue weighted by molar-refractivity contribution is -0.113. The first-order valence-electron chi connectivity index (χ1n) is 10.1. The van der Waals surface area contributed by atoms with Crippen LogP contribution in [-0.4, -0.2) is 43.0 Å². The highest BCUT2D eigenvalue weighted by molar-refractivity contribution is 7.99. The van der Waals surface area contributed by atoms with Crippen LogP contribution in [0, 0.1) is 0 Å². The standard InChI is InChI=1S/C24H17N5O3S/c1-29-23(14-6-5-11-25-12-14)27-28-24(29)33-13-19(30)26-18-10-4-9-17-20(18)22(32)16-8-3-2-7-15(16)21(17)31/h2-12H,13H2,1H3,(H,26,30). The van der Waals surface area contributed by atoms with Gasteiger partial charge in [0.2, 0.25) is 5.91 Å². The Morgan fingerprint density at radius 1 is 0.939 bits per heavy atom. The summed E-state index contributed by atoms with van der Waals surface area (Å²) in [6.45, 7) is 0. The molecule has 2 aromatic carbocycles. The van der Waals surface area contributed by atoms with E-state index in [-0.39, 0.29) is 28.8 Å². The molecule has 9 heteroatoms. The smallest absolute Gasteiger partial charge is 0.234 e. The fourth-order valence-electron chi connectivity index (χ4n) is 3.75. The van der Waals surface area contributed by atoms with Crippen LogP contribution in [0.25, 0.3) is 11.4 Å². The van der Waals surface area contributed by atoms with Gasteiger partial charge < -0.3 is 9.88 Å². The summed E-state index contributed by atoms with van der Waals surface area (Å²) in [6.07, 6.45) is 3.37. The van der Waals surface area contributed by atoms with Gasteiger partial charge in [0.1, 0.15) is 0 Å². The monoisotopic (exact) mass is 455 g/mol. The van der Waals surface area contributed by atoms with Crippen molar-refractivity contribution in [1.29, 1.82) is 0 Å². The number of aromatic nitrogens is 4. The summed E-state index contributed by atoms with van der Waals surface area (Å²) in [5.74, 6) is -0.128. The van der Waals surface area contributed by atoms with Crippen molar-refractivity contribution in [3.8, 4) is 11.4 Å². The molecule has 4 aromatic rings. The highest BCUT2D eigenvalue weighted by atomic mass is 32.2. The highest BCUT2D eigenvalue weighted by Gasteiger charge is 2.31. The van der Waals surface area contributed by atoms with Crippen molar-refractivity contribution < 1.29 is 14.4 Å². The van der Waals surface area contributed by atoms with E-state index in [1.165, 1.54) is 11.8 Å². The van der Waals surface area contributed by atoms with E-state index >= 15 is 0 Å². The molecule has 2 heterocycles. The Morgan fingerprint density at radius 2 is 1.70 bits per heavy atom. The number of thioether (sulfide) groups is 1. The second-order valence-corrected chi connectivity index (χ2v) is 8.32. The summed E-state index contributed by atoms with van der Waals surface area (Å²) < 4.78 is 1.79. The second kappa shape index (κ2) is 8.44. The zero-order valence-corrected chi connectivity index (χ0v) is 18.3. The molecule has 0 unspecified atom stereocenters. The Morgan fingerprint density at radius 3 is 2.45 bits per heavy atom. The van der Waals surface area contributed by atoms with E-state index in [9.17, 15) is 14.4 Å². The zero-order valence-electron chi connectivity index (χ0n) is 17.5. The van der Waals surface area contributed by atoms with Crippen molar-refractivity contribution in [3.63, 3.8) is 0 Å². The molecule has 0 radical (unpaired) electrons. The van der Waals surface area contributed by atoms with E-state index in [0.717, 1.165) is 5.56 Å². The number of benzene rings is 2. The number of ketones is 2. The van der Waals surface area contributed by atoms with Crippen molar-refractivity contribution in [2.75, 3.05) is 11.1 Å². The molecule has 162 valence electrons. The lowest BCUT2D eigenvalue weighted by Crippen LogP contribution is -2.24. The largest absolute Gasteiger partial charge is 0.325 e. The van der Waals surface area contributed by atoms with Gasteiger partial charge in [-0.25, -0.2) is 0 Å². The Kier molecular flexibility index (Phi) is 5.31. The van der Waals surface area contributed by atoms with E-state index in [1.807, 2.05) is 19.2 Å². The number of fused-ring (bicyclic) bond motifs is 2. The lowest BCUT2D eigenvalue weighted by atomic mass is 9.83. The molecule has 0 spiro atoms. The first kappa shape index (κ1) is 20.8. The first-order chi connectivity index (χ1) is 16.0. The van der Waals surface area contributed by atoms with Gasteiger partial charge in [-0.3, -0.25) is 19.4 Å². The van der Waals surface area contributed by atoms with Crippen LogP contribution in [-0.2, 0) is 11.8 Å². The fourth-order valence-corrected chi connectivity index (χ4v) is 4.46. The van der Waals surface area contributed by atoms with E-state index in [4.69, 9.17) is 0 Å². The Labute approximate surface area is 193 Å². The third kappa shape index (κ3) is 3.72. The number of rotatable bonds is 5. The van der Waals surface area contributed by atoms with Crippen LogP contribution in [0.15, 0.2) is 72.1 Å². The van der Waals surface area contributed by atoms with Crippen molar-refractivity contribution >= 4 is 34.9 Å². The number of carbonyl (C=O) groups is 3. The summed E-state index contributed by atoms with van der Waals surface area (Å²) in [5, 5.41) is 11.7. The molecule has 0 bridgehead atoms. The number of hydrogen-bond acceptors (Lipinski definition) is 7.